The number of benzene rings is 1. The normalized spacial score (nSPS) is 19.0. The van der Waals surface area contributed by atoms with Gasteiger partial charge in [0.1, 0.15) is 0 Å². The molecule has 0 spiro atoms. The van der Waals surface area contributed by atoms with Gasteiger partial charge in [0.05, 0.1) is 12.1 Å². The Labute approximate surface area is 113 Å². The number of nitrogens with one attached hydrogen (secondary N) is 1. The molecule has 4 N–H and O–H groups in total. The highest BCUT2D eigenvalue weighted by Gasteiger charge is 2.30. The van der Waals surface area contributed by atoms with E-state index in [1.165, 1.54) is 6.42 Å². The molecule has 1 fully saturated rings. The predicted octanol–water partition coefficient (Wildman–Crippen LogP) is 2.75. The molecule has 0 unspecified atom stereocenters. The van der Waals surface area contributed by atoms with Gasteiger partial charge in [0.15, 0.2) is 0 Å². The maximum atomic E-state index is 10.2. The quantitative estimate of drug-likeness (QED) is 0.800. The van der Waals surface area contributed by atoms with Gasteiger partial charge >= 0.3 is 0 Å². The average molecular weight is 267 g/mol. The van der Waals surface area contributed by atoms with E-state index in [1.807, 2.05) is 24.4 Å². The minimum Gasteiger partial charge on any atom is -0.391 e. The highest BCUT2D eigenvalue weighted by molar-refractivity contribution is 5.85. The third-order valence-electron chi connectivity index (χ3n) is 3.96. The molecule has 1 aromatic heterocycles. The lowest BCUT2D eigenvalue weighted by Gasteiger charge is -2.33. The lowest BCUT2D eigenvalue weighted by molar-refractivity contribution is 0.0414. The summed E-state index contributed by atoms with van der Waals surface area (Å²) in [6.45, 7) is 0. The fraction of sp³-hybridized carbons (Fsp3) is 0.429. The first-order valence-electron chi connectivity index (χ1n) is 6.26. The van der Waals surface area contributed by atoms with Crippen LogP contribution in [0.15, 0.2) is 30.5 Å². The Kier molecular flexibility index (Phi) is 3.95. The van der Waals surface area contributed by atoms with Crippen molar-refractivity contribution in [1.29, 1.82) is 0 Å². The van der Waals surface area contributed by atoms with E-state index in [2.05, 4.69) is 11.1 Å². The Morgan fingerprint density at radius 1 is 1.28 bits per heavy atom. The topological polar surface area (TPSA) is 62.0 Å². The number of fused-ring (bicyclic) bond motifs is 1. The van der Waals surface area contributed by atoms with E-state index in [4.69, 9.17) is 5.73 Å². The number of aromatic nitrogens is 1. The van der Waals surface area contributed by atoms with Crippen LogP contribution in [-0.2, 0) is 0 Å². The molecule has 4 heteroatoms. The molecule has 0 bridgehead atoms. The summed E-state index contributed by atoms with van der Waals surface area (Å²) in [4.78, 5) is 3.16. The largest absolute Gasteiger partial charge is 0.391 e. The molecular formula is C14H19ClN2O. The summed E-state index contributed by atoms with van der Waals surface area (Å²) >= 11 is 0. The Morgan fingerprint density at radius 3 is 2.72 bits per heavy atom. The highest BCUT2D eigenvalue weighted by atomic mass is 35.5. The van der Waals surface area contributed by atoms with Gasteiger partial charge in [-0.2, -0.15) is 0 Å². The van der Waals surface area contributed by atoms with Crippen molar-refractivity contribution in [2.75, 3.05) is 0 Å². The SMILES string of the molecule is Cl.N[C@@H](c1ccc2[nH]ccc2c1)[C@H](O)C1CCC1. The van der Waals surface area contributed by atoms with Gasteiger partial charge < -0.3 is 15.8 Å². The standard InChI is InChI=1S/C14H18N2O.ClH/c15-13(14(17)9-2-1-3-9)11-4-5-12-10(8-11)6-7-16-12;/h4-9,13-14,16-17H,1-3,15H2;1H/t13-,14+;/m0./s1. The summed E-state index contributed by atoms with van der Waals surface area (Å²) in [6.07, 6.45) is 4.97. The van der Waals surface area contributed by atoms with Gasteiger partial charge in [0.2, 0.25) is 0 Å². The first-order valence-corrected chi connectivity index (χ1v) is 6.26. The maximum Gasteiger partial charge on any atom is 0.0760 e. The van der Waals surface area contributed by atoms with Crippen LogP contribution >= 0.6 is 12.4 Å². The summed E-state index contributed by atoms with van der Waals surface area (Å²) < 4.78 is 0. The molecule has 1 aromatic carbocycles. The minimum atomic E-state index is -0.403. The smallest absolute Gasteiger partial charge is 0.0760 e. The second-order valence-corrected chi connectivity index (χ2v) is 5.03. The van der Waals surface area contributed by atoms with Crippen molar-refractivity contribution in [3.05, 3.63) is 36.0 Å². The van der Waals surface area contributed by atoms with Crippen LogP contribution in [0.3, 0.4) is 0 Å². The summed E-state index contributed by atoms with van der Waals surface area (Å²) in [7, 11) is 0. The van der Waals surface area contributed by atoms with Gasteiger partial charge in [-0.25, -0.2) is 0 Å². The molecule has 1 heterocycles. The summed E-state index contributed by atoms with van der Waals surface area (Å²) in [5, 5.41) is 11.3. The van der Waals surface area contributed by atoms with Crippen LogP contribution in [0.5, 0.6) is 0 Å². The second-order valence-electron chi connectivity index (χ2n) is 5.03. The molecule has 1 aliphatic rings. The van der Waals surface area contributed by atoms with Crippen LogP contribution in [0.25, 0.3) is 10.9 Å². The van der Waals surface area contributed by atoms with E-state index in [0.29, 0.717) is 5.92 Å². The zero-order valence-corrected chi connectivity index (χ0v) is 11.0. The number of rotatable bonds is 3. The maximum absolute atomic E-state index is 10.2. The van der Waals surface area contributed by atoms with Crippen LogP contribution in [-0.4, -0.2) is 16.2 Å². The zero-order chi connectivity index (χ0) is 11.8. The van der Waals surface area contributed by atoms with Crippen molar-refractivity contribution >= 4 is 23.3 Å². The Morgan fingerprint density at radius 2 is 2.06 bits per heavy atom. The van der Waals surface area contributed by atoms with E-state index in [-0.39, 0.29) is 18.4 Å². The number of halogens is 1. The van der Waals surface area contributed by atoms with Gasteiger partial charge in [0.25, 0.3) is 0 Å². The molecule has 0 aliphatic heterocycles. The van der Waals surface area contributed by atoms with Crippen molar-refractivity contribution < 1.29 is 5.11 Å². The van der Waals surface area contributed by atoms with Crippen LogP contribution in [0, 0.1) is 5.92 Å². The van der Waals surface area contributed by atoms with E-state index >= 15 is 0 Å². The molecule has 98 valence electrons. The number of hydrogen-bond acceptors (Lipinski definition) is 2. The molecule has 1 aliphatic carbocycles. The lowest BCUT2D eigenvalue weighted by Crippen LogP contribution is -2.36. The Bertz CT molecular complexity index is 521. The number of aliphatic hydroxyl groups is 1. The number of H-pyrrole nitrogens is 1. The number of aromatic amines is 1. The van der Waals surface area contributed by atoms with Crippen molar-refractivity contribution in [2.24, 2.45) is 11.7 Å². The first-order chi connectivity index (χ1) is 8.25. The zero-order valence-electron chi connectivity index (χ0n) is 10.2. The minimum absolute atomic E-state index is 0. The van der Waals surface area contributed by atoms with Gasteiger partial charge in [-0.1, -0.05) is 12.5 Å². The van der Waals surface area contributed by atoms with Crippen LogP contribution in [0.4, 0.5) is 0 Å². The van der Waals surface area contributed by atoms with Crippen molar-refractivity contribution in [1.82, 2.24) is 4.98 Å². The van der Waals surface area contributed by atoms with Crippen LogP contribution in [0.1, 0.15) is 30.9 Å². The van der Waals surface area contributed by atoms with E-state index < -0.39 is 6.10 Å². The van der Waals surface area contributed by atoms with Crippen molar-refractivity contribution in [2.45, 2.75) is 31.4 Å². The van der Waals surface area contributed by atoms with Gasteiger partial charge in [-0.05, 0) is 47.9 Å². The van der Waals surface area contributed by atoms with E-state index in [9.17, 15) is 5.11 Å². The molecular weight excluding hydrogens is 248 g/mol. The molecule has 2 aromatic rings. The summed E-state index contributed by atoms with van der Waals surface area (Å²) in [6, 6.07) is 7.86. The number of hydrogen-bond donors (Lipinski definition) is 3. The monoisotopic (exact) mass is 266 g/mol. The summed E-state index contributed by atoms with van der Waals surface area (Å²) in [5.74, 6) is 0.395. The third-order valence-corrected chi connectivity index (χ3v) is 3.96. The van der Waals surface area contributed by atoms with Crippen molar-refractivity contribution in [3.63, 3.8) is 0 Å². The molecule has 0 amide bonds. The van der Waals surface area contributed by atoms with E-state index in [1.54, 1.807) is 0 Å². The summed E-state index contributed by atoms with van der Waals surface area (Å²) in [5.41, 5.74) is 8.28. The third kappa shape index (κ3) is 2.26. The van der Waals surface area contributed by atoms with Crippen LogP contribution < -0.4 is 5.73 Å². The molecule has 1 saturated carbocycles. The van der Waals surface area contributed by atoms with Crippen LogP contribution in [0.2, 0.25) is 0 Å². The molecule has 2 atom stereocenters. The van der Waals surface area contributed by atoms with Gasteiger partial charge in [-0.15, -0.1) is 12.4 Å². The predicted molar refractivity (Wildman–Crippen MR) is 75.8 cm³/mol. The molecule has 0 radical (unpaired) electrons. The van der Waals surface area contributed by atoms with E-state index in [0.717, 1.165) is 29.3 Å². The van der Waals surface area contributed by atoms with Crippen molar-refractivity contribution in [3.8, 4) is 0 Å². The Balaban J connectivity index is 0.00000120. The second kappa shape index (κ2) is 5.31. The fourth-order valence-electron chi connectivity index (χ4n) is 2.55. The lowest BCUT2D eigenvalue weighted by atomic mass is 9.77. The molecule has 3 nitrogen and oxygen atoms in total. The molecule has 18 heavy (non-hydrogen) atoms. The number of nitrogens with two attached hydrogens (primary N) is 1. The van der Waals surface area contributed by atoms with Gasteiger partial charge in [-0.3, -0.25) is 0 Å². The average Bonchev–Trinajstić information content (AvgIpc) is 2.72. The van der Waals surface area contributed by atoms with Gasteiger partial charge in [0, 0.05) is 11.7 Å². The first kappa shape index (κ1) is 13.4. The highest BCUT2D eigenvalue weighted by Crippen LogP contribution is 2.34. The fourth-order valence-corrected chi connectivity index (χ4v) is 2.55. The molecule has 0 saturated heterocycles. The molecule has 3 rings (SSSR count). The number of aliphatic hydroxyl groups excluding tert-OH is 1. The Hall–Kier alpha value is -1.03.